The molecule has 1 atom stereocenters. The monoisotopic (exact) mass is 521 g/mol. The van der Waals surface area contributed by atoms with E-state index in [9.17, 15) is 0 Å². The van der Waals surface area contributed by atoms with Crippen molar-refractivity contribution >= 4 is 39.1 Å². The Balaban J connectivity index is 1.59. The van der Waals surface area contributed by atoms with Gasteiger partial charge in [-0.3, -0.25) is 0 Å². The molecular weight excluding hydrogens is 497 g/mol. The van der Waals surface area contributed by atoms with E-state index in [2.05, 4.69) is 58.5 Å². The summed E-state index contributed by atoms with van der Waals surface area (Å²) in [5.41, 5.74) is 3.34. The van der Waals surface area contributed by atoms with E-state index in [0.29, 0.717) is 34.2 Å². The molecule has 0 amide bonds. The minimum Gasteiger partial charge on any atom is -0.493 e. The summed E-state index contributed by atoms with van der Waals surface area (Å²) in [5, 5.41) is 4.77. The third-order valence-corrected chi connectivity index (χ3v) is 6.22. The van der Waals surface area contributed by atoms with Gasteiger partial charge in [-0.2, -0.15) is 0 Å². The average molecular weight is 523 g/mol. The molecule has 3 rings (SSSR count). The highest BCUT2D eigenvalue weighted by atomic mass is 79.9. The Kier molecular flexibility index (Phi) is 9.09. The number of ether oxygens (including phenoxy) is 2. The lowest BCUT2D eigenvalue weighted by Gasteiger charge is -2.17. The third-order valence-electron chi connectivity index (χ3n) is 5.04. The molecule has 0 heterocycles. The van der Waals surface area contributed by atoms with Crippen molar-refractivity contribution in [2.75, 3.05) is 7.11 Å². The molecule has 0 saturated heterocycles. The molecule has 0 unspecified atom stereocenters. The van der Waals surface area contributed by atoms with Crippen LogP contribution in [0.15, 0.2) is 65.1 Å². The molecule has 0 spiro atoms. The molecule has 0 radical (unpaired) electrons. The maximum atomic E-state index is 6.25. The highest BCUT2D eigenvalue weighted by Crippen LogP contribution is 2.37. The van der Waals surface area contributed by atoms with Crippen LogP contribution in [-0.4, -0.2) is 13.2 Å². The Labute approximate surface area is 202 Å². The Morgan fingerprint density at radius 3 is 2.48 bits per heavy atom. The number of halogens is 3. The second-order valence-corrected chi connectivity index (χ2v) is 9.14. The summed E-state index contributed by atoms with van der Waals surface area (Å²) < 4.78 is 12.4. The van der Waals surface area contributed by atoms with E-state index in [1.165, 1.54) is 5.56 Å². The number of methoxy groups -OCH3 is 1. The summed E-state index contributed by atoms with van der Waals surface area (Å²) in [6, 6.07) is 20.4. The molecule has 0 aliphatic rings. The van der Waals surface area contributed by atoms with Crippen LogP contribution in [0, 0.1) is 0 Å². The summed E-state index contributed by atoms with van der Waals surface area (Å²) in [7, 11) is 1.64. The van der Waals surface area contributed by atoms with E-state index in [1.54, 1.807) is 19.2 Å². The molecule has 0 aromatic heterocycles. The fourth-order valence-corrected chi connectivity index (χ4v) is 4.29. The van der Waals surface area contributed by atoms with Crippen molar-refractivity contribution in [2.24, 2.45) is 0 Å². The van der Waals surface area contributed by atoms with E-state index in [4.69, 9.17) is 32.7 Å². The Morgan fingerprint density at radius 2 is 1.77 bits per heavy atom. The molecule has 1 N–H and O–H groups in total. The SMILES string of the molecule is COc1cc(CN[C@H](C)CCc2ccccc2)cc(Br)c1OCc1ccc(Cl)cc1Cl. The molecule has 0 aliphatic heterocycles. The van der Waals surface area contributed by atoms with Crippen molar-refractivity contribution in [3.8, 4) is 11.5 Å². The molecule has 31 heavy (non-hydrogen) atoms. The quantitative estimate of drug-likeness (QED) is 0.300. The molecule has 0 bridgehead atoms. The van der Waals surface area contributed by atoms with Crippen LogP contribution in [-0.2, 0) is 19.6 Å². The van der Waals surface area contributed by atoms with Crippen molar-refractivity contribution in [3.05, 3.63) is 91.9 Å². The summed E-state index contributed by atoms with van der Waals surface area (Å²) in [6.07, 6.45) is 2.13. The highest BCUT2D eigenvalue weighted by Gasteiger charge is 2.14. The first-order valence-electron chi connectivity index (χ1n) is 10.2. The molecule has 164 valence electrons. The van der Waals surface area contributed by atoms with Crippen molar-refractivity contribution in [2.45, 2.75) is 39.0 Å². The van der Waals surface area contributed by atoms with Gasteiger partial charge in [0, 0.05) is 28.2 Å². The average Bonchev–Trinajstić information content (AvgIpc) is 2.77. The van der Waals surface area contributed by atoms with Gasteiger partial charge in [-0.1, -0.05) is 59.6 Å². The van der Waals surface area contributed by atoms with Crippen LogP contribution in [0.5, 0.6) is 11.5 Å². The van der Waals surface area contributed by atoms with Crippen LogP contribution >= 0.6 is 39.1 Å². The summed E-state index contributed by atoms with van der Waals surface area (Å²) in [4.78, 5) is 0. The van der Waals surface area contributed by atoms with E-state index < -0.39 is 0 Å². The van der Waals surface area contributed by atoms with Crippen LogP contribution in [0.3, 0.4) is 0 Å². The minimum absolute atomic E-state index is 0.319. The van der Waals surface area contributed by atoms with Crippen molar-refractivity contribution in [1.82, 2.24) is 5.32 Å². The van der Waals surface area contributed by atoms with Crippen LogP contribution in [0.25, 0.3) is 0 Å². The maximum Gasteiger partial charge on any atom is 0.175 e. The lowest BCUT2D eigenvalue weighted by molar-refractivity contribution is 0.282. The fourth-order valence-electron chi connectivity index (χ4n) is 3.23. The smallest absolute Gasteiger partial charge is 0.175 e. The van der Waals surface area contributed by atoms with E-state index in [1.807, 2.05) is 18.2 Å². The van der Waals surface area contributed by atoms with Gasteiger partial charge in [0.15, 0.2) is 11.5 Å². The van der Waals surface area contributed by atoms with Gasteiger partial charge in [0.05, 0.1) is 11.6 Å². The predicted molar refractivity (Wildman–Crippen MR) is 133 cm³/mol. The molecule has 3 aromatic rings. The zero-order valence-corrected chi connectivity index (χ0v) is 20.7. The summed E-state index contributed by atoms with van der Waals surface area (Å²) >= 11 is 15.8. The number of benzene rings is 3. The lowest BCUT2D eigenvalue weighted by Crippen LogP contribution is -2.26. The minimum atomic E-state index is 0.319. The Bertz CT molecular complexity index is 998. The number of nitrogens with one attached hydrogen (secondary N) is 1. The van der Waals surface area contributed by atoms with Gasteiger partial charge in [0.2, 0.25) is 0 Å². The van der Waals surface area contributed by atoms with Crippen molar-refractivity contribution < 1.29 is 9.47 Å². The number of hydrogen-bond acceptors (Lipinski definition) is 3. The van der Waals surface area contributed by atoms with Gasteiger partial charge in [-0.05, 0) is 71.1 Å². The third kappa shape index (κ3) is 7.15. The predicted octanol–water partition coefficient (Wildman–Crippen LogP) is 7.45. The first-order chi connectivity index (χ1) is 15.0. The maximum absolute atomic E-state index is 6.25. The zero-order chi connectivity index (χ0) is 22.2. The highest BCUT2D eigenvalue weighted by molar-refractivity contribution is 9.10. The van der Waals surface area contributed by atoms with Crippen LogP contribution in [0.2, 0.25) is 10.0 Å². The fraction of sp³-hybridized carbons (Fsp3) is 0.280. The zero-order valence-electron chi connectivity index (χ0n) is 17.6. The largest absolute Gasteiger partial charge is 0.493 e. The molecular formula is C25H26BrCl2NO2. The first-order valence-corrected chi connectivity index (χ1v) is 11.7. The number of rotatable bonds is 10. The molecule has 6 heteroatoms. The second kappa shape index (κ2) is 11.8. The van der Waals surface area contributed by atoms with E-state index in [-0.39, 0.29) is 0 Å². The molecule has 0 fully saturated rings. The second-order valence-electron chi connectivity index (χ2n) is 7.44. The summed E-state index contributed by atoms with van der Waals surface area (Å²) in [6.45, 7) is 3.27. The van der Waals surface area contributed by atoms with Gasteiger partial charge in [-0.25, -0.2) is 0 Å². The van der Waals surface area contributed by atoms with Gasteiger partial charge in [-0.15, -0.1) is 0 Å². The summed E-state index contributed by atoms with van der Waals surface area (Å²) in [5.74, 6) is 1.32. The van der Waals surface area contributed by atoms with Crippen LogP contribution in [0.1, 0.15) is 30.0 Å². The Morgan fingerprint density at radius 1 is 1.00 bits per heavy atom. The van der Waals surface area contributed by atoms with Gasteiger partial charge in [0.25, 0.3) is 0 Å². The number of aryl methyl sites for hydroxylation is 1. The van der Waals surface area contributed by atoms with E-state index in [0.717, 1.165) is 35.0 Å². The normalized spacial score (nSPS) is 11.9. The van der Waals surface area contributed by atoms with Crippen LogP contribution < -0.4 is 14.8 Å². The van der Waals surface area contributed by atoms with Crippen molar-refractivity contribution in [1.29, 1.82) is 0 Å². The molecule has 3 nitrogen and oxygen atoms in total. The number of hydrogen-bond donors (Lipinski definition) is 1. The topological polar surface area (TPSA) is 30.5 Å². The van der Waals surface area contributed by atoms with E-state index >= 15 is 0 Å². The van der Waals surface area contributed by atoms with Gasteiger partial charge < -0.3 is 14.8 Å². The van der Waals surface area contributed by atoms with Gasteiger partial charge >= 0.3 is 0 Å². The lowest BCUT2D eigenvalue weighted by atomic mass is 10.1. The molecule has 0 saturated carbocycles. The van der Waals surface area contributed by atoms with Gasteiger partial charge in [0.1, 0.15) is 6.61 Å². The van der Waals surface area contributed by atoms with Crippen molar-refractivity contribution in [3.63, 3.8) is 0 Å². The van der Waals surface area contributed by atoms with Crippen LogP contribution in [0.4, 0.5) is 0 Å². The standard InChI is InChI=1S/C25H26BrCl2NO2/c1-17(8-9-18-6-4-3-5-7-18)29-15-19-12-22(26)25(24(13-19)30-2)31-16-20-10-11-21(27)14-23(20)28/h3-7,10-14,17,29H,8-9,15-16H2,1-2H3/t17-/m1/s1. The molecule has 3 aromatic carbocycles. The molecule has 0 aliphatic carbocycles. The Hall–Kier alpha value is -1.72. The first kappa shape index (κ1) is 23.9.